The number of aromatic nitrogens is 2. The second kappa shape index (κ2) is 4.33. The normalized spacial score (nSPS) is 11.7. The predicted octanol–water partition coefficient (Wildman–Crippen LogP) is 1.80. The minimum Gasteiger partial charge on any atom is -0.460 e. The van der Waals surface area contributed by atoms with Crippen LogP contribution in [0.3, 0.4) is 0 Å². The molecule has 0 fully saturated rings. The molecule has 0 aromatic carbocycles. The summed E-state index contributed by atoms with van der Waals surface area (Å²) >= 11 is 0. The van der Waals surface area contributed by atoms with Crippen molar-refractivity contribution < 1.29 is 9.53 Å². The van der Waals surface area contributed by atoms with Crippen LogP contribution in [0.4, 0.5) is 5.69 Å². The lowest BCUT2D eigenvalue weighted by Gasteiger charge is -2.19. The fraction of sp³-hybridized carbons (Fsp3) is 0.385. The maximum atomic E-state index is 11.7. The van der Waals surface area contributed by atoms with Crippen molar-refractivity contribution >= 4 is 17.2 Å². The molecule has 0 radical (unpaired) electrons. The number of nitrogens with two attached hydrogens (primary N) is 1. The third-order valence-corrected chi connectivity index (χ3v) is 2.35. The second-order valence-corrected chi connectivity index (χ2v) is 5.19. The van der Waals surface area contributed by atoms with Gasteiger partial charge in [-0.2, -0.15) is 0 Å². The van der Waals surface area contributed by atoms with Crippen molar-refractivity contribution in [2.24, 2.45) is 0 Å². The van der Waals surface area contributed by atoms with Crippen LogP contribution < -0.4 is 5.73 Å². The summed E-state index contributed by atoms with van der Waals surface area (Å²) in [6, 6.07) is 3.66. The zero-order valence-electron chi connectivity index (χ0n) is 10.8. The SMILES string of the molecule is CC(C)(C)OC(=O)Cc1ncc2ccc(N)cn12. The van der Waals surface area contributed by atoms with Gasteiger partial charge in [0.2, 0.25) is 0 Å². The molecule has 0 unspecified atom stereocenters. The van der Waals surface area contributed by atoms with Crippen LogP contribution in [0.2, 0.25) is 0 Å². The van der Waals surface area contributed by atoms with Gasteiger partial charge >= 0.3 is 5.97 Å². The zero-order chi connectivity index (χ0) is 13.3. The molecule has 2 aromatic heterocycles. The van der Waals surface area contributed by atoms with Gasteiger partial charge in [0.25, 0.3) is 0 Å². The van der Waals surface area contributed by atoms with Crippen LogP contribution in [-0.4, -0.2) is 21.0 Å². The highest BCUT2D eigenvalue weighted by atomic mass is 16.6. The van der Waals surface area contributed by atoms with Crippen LogP contribution in [0.5, 0.6) is 0 Å². The van der Waals surface area contributed by atoms with Gasteiger partial charge in [0.05, 0.1) is 11.7 Å². The smallest absolute Gasteiger partial charge is 0.313 e. The Morgan fingerprint density at radius 3 is 2.83 bits per heavy atom. The number of hydrogen-bond acceptors (Lipinski definition) is 4. The average Bonchev–Trinajstić information content (AvgIpc) is 2.58. The highest BCUT2D eigenvalue weighted by molar-refractivity contribution is 5.72. The first-order valence-electron chi connectivity index (χ1n) is 5.78. The van der Waals surface area contributed by atoms with Crippen molar-refractivity contribution in [3.8, 4) is 0 Å². The number of esters is 1. The summed E-state index contributed by atoms with van der Waals surface area (Å²) in [7, 11) is 0. The van der Waals surface area contributed by atoms with Crippen molar-refractivity contribution in [3.05, 3.63) is 30.4 Å². The zero-order valence-corrected chi connectivity index (χ0v) is 10.8. The lowest BCUT2D eigenvalue weighted by molar-refractivity contribution is -0.154. The molecule has 0 saturated carbocycles. The van der Waals surface area contributed by atoms with Crippen LogP contribution in [0, 0.1) is 0 Å². The molecule has 2 heterocycles. The third-order valence-electron chi connectivity index (χ3n) is 2.35. The third kappa shape index (κ3) is 2.80. The summed E-state index contributed by atoms with van der Waals surface area (Å²) in [4.78, 5) is 16.0. The van der Waals surface area contributed by atoms with Crippen LogP contribution in [-0.2, 0) is 16.0 Å². The molecule has 0 spiro atoms. The van der Waals surface area contributed by atoms with E-state index in [4.69, 9.17) is 10.5 Å². The van der Waals surface area contributed by atoms with E-state index in [0.717, 1.165) is 5.52 Å². The van der Waals surface area contributed by atoms with Gasteiger partial charge in [-0.15, -0.1) is 0 Å². The number of rotatable bonds is 2. The fourth-order valence-electron chi connectivity index (χ4n) is 1.70. The van der Waals surface area contributed by atoms with E-state index >= 15 is 0 Å². The standard InChI is InChI=1S/C13H17N3O2/c1-13(2,3)18-12(17)6-11-15-7-10-5-4-9(14)8-16(10)11/h4-5,7-8H,6,14H2,1-3H3. The van der Waals surface area contributed by atoms with Crippen molar-refractivity contribution in [1.82, 2.24) is 9.38 Å². The Hall–Kier alpha value is -2.04. The molecule has 5 heteroatoms. The van der Waals surface area contributed by atoms with Gasteiger partial charge in [-0.25, -0.2) is 4.98 Å². The van der Waals surface area contributed by atoms with Crippen LogP contribution >= 0.6 is 0 Å². The van der Waals surface area contributed by atoms with Crippen molar-refractivity contribution in [3.63, 3.8) is 0 Å². The number of pyridine rings is 1. The van der Waals surface area contributed by atoms with E-state index in [9.17, 15) is 4.79 Å². The summed E-state index contributed by atoms with van der Waals surface area (Å²) in [5, 5.41) is 0. The second-order valence-electron chi connectivity index (χ2n) is 5.19. The number of carbonyl (C=O) groups excluding carboxylic acids is 1. The van der Waals surface area contributed by atoms with E-state index in [1.54, 1.807) is 22.9 Å². The van der Waals surface area contributed by atoms with Crippen LogP contribution in [0.1, 0.15) is 26.6 Å². The van der Waals surface area contributed by atoms with E-state index in [1.165, 1.54) is 0 Å². The Bertz CT molecular complexity index is 581. The lowest BCUT2D eigenvalue weighted by Crippen LogP contribution is -2.25. The van der Waals surface area contributed by atoms with Crippen molar-refractivity contribution in [2.45, 2.75) is 32.8 Å². The topological polar surface area (TPSA) is 69.6 Å². The first-order chi connectivity index (χ1) is 8.35. The van der Waals surface area contributed by atoms with Gasteiger partial charge in [0, 0.05) is 11.9 Å². The Kier molecular flexibility index (Phi) is 2.98. The maximum Gasteiger partial charge on any atom is 0.313 e. The van der Waals surface area contributed by atoms with E-state index in [-0.39, 0.29) is 12.4 Å². The molecular weight excluding hydrogens is 230 g/mol. The number of nitrogens with zero attached hydrogens (tertiary/aromatic N) is 2. The van der Waals surface area contributed by atoms with Gasteiger partial charge in [-0.3, -0.25) is 4.79 Å². The molecule has 0 aliphatic rings. The van der Waals surface area contributed by atoms with Crippen molar-refractivity contribution in [2.75, 3.05) is 5.73 Å². The number of fused-ring (bicyclic) bond motifs is 1. The molecule has 0 amide bonds. The predicted molar refractivity (Wildman–Crippen MR) is 69.2 cm³/mol. The first-order valence-corrected chi connectivity index (χ1v) is 5.78. The minimum atomic E-state index is -0.483. The Balaban J connectivity index is 2.22. The molecule has 0 saturated heterocycles. The van der Waals surface area contributed by atoms with E-state index < -0.39 is 5.60 Å². The highest BCUT2D eigenvalue weighted by Crippen LogP contribution is 2.13. The quantitative estimate of drug-likeness (QED) is 0.821. The first kappa shape index (κ1) is 12.4. The van der Waals surface area contributed by atoms with Gasteiger partial charge in [-0.1, -0.05) is 0 Å². The summed E-state index contributed by atoms with van der Waals surface area (Å²) in [5.74, 6) is 0.337. The maximum absolute atomic E-state index is 11.7. The van der Waals surface area contributed by atoms with Crippen LogP contribution in [0.25, 0.3) is 5.52 Å². The van der Waals surface area contributed by atoms with E-state index in [0.29, 0.717) is 11.5 Å². The Morgan fingerprint density at radius 1 is 1.44 bits per heavy atom. The van der Waals surface area contributed by atoms with Crippen molar-refractivity contribution in [1.29, 1.82) is 0 Å². The average molecular weight is 247 g/mol. The Labute approximate surface area is 106 Å². The molecule has 0 aliphatic heterocycles. The number of carbonyl (C=O) groups is 1. The molecule has 0 aliphatic carbocycles. The van der Waals surface area contributed by atoms with Gasteiger partial charge in [0.1, 0.15) is 17.8 Å². The summed E-state index contributed by atoms with van der Waals surface area (Å²) < 4.78 is 7.07. The summed E-state index contributed by atoms with van der Waals surface area (Å²) in [6.45, 7) is 5.52. The highest BCUT2D eigenvalue weighted by Gasteiger charge is 2.18. The number of anilines is 1. The molecule has 18 heavy (non-hydrogen) atoms. The number of ether oxygens (including phenoxy) is 1. The molecule has 96 valence electrons. The molecule has 5 nitrogen and oxygen atoms in total. The number of hydrogen-bond donors (Lipinski definition) is 1. The molecule has 2 aromatic rings. The number of nitrogen functional groups attached to an aromatic ring is 1. The largest absolute Gasteiger partial charge is 0.460 e. The fourth-order valence-corrected chi connectivity index (χ4v) is 1.70. The molecule has 0 bridgehead atoms. The van der Waals surface area contributed by atoms with E-state index in [2.05, 4.69) is 4.98 Å². The Morgan fingerprint density at radius 2 is 2.17 bits per heavy atom. The lowest BCUT2D eigenvalue weighted by atomic mass is 10.2. The van der Waals surface area contributed by atoms with Crippen LogP contribution in [0.15, 0.2) is 24.5 Å². The number of imidazole rings is 1. The van der Waals surface area contributed by atoms with Gasteiger partial charge in [-0.05, 0) is 32.9 Å². The summed E-state index contributed by atoms with van der Waals surface area (Å²) in [5.41, 5.74) is 6.77. The summed E-state index contributed by atoms with van der Waals surface area (Å²) in [6.07, 6.45) is 3.59. The van der Waals surface area contributed by atoms with E-state index in [1.807, 2.05) is 26.8 Å². The van der Waals surface area contributed by atoms with Gasteiger partial charge < -0.3 is 14.9 Å². The molecule has 2 N–H and O–H groups in total. The monoisotopic (exact) mass is 247 g/mol. The molecular formula is C13H17N3O2. The minimum absolute atomic E-state index is 0.134. The van der Waals surface area contributed by atoms with Gasteiger partial charge in [0.15, 0.2) is 0 Å². The molecule has 0 atom stereocenters. The molecule has 2 rings (SSSR count).